The second-order valence-corrected chi connectivity index (χ2v) is 4.28. The first-order valence-corrected chi connectivity index (χ1v) is 5.77. The van der Waals surface area contributed by atoms with Gasteiger partial charge in [0.15, 0.2) is 11.5 Å². The third-order valence-electron chi connectivity index (χ3n) is 2.51. The molecule has 5 nitrogen and oxygen atoms in total. The second-order valence-electron chi connectivity index (χ2n) is 3.84. The third-order valence-corrected chi connectivity index (χ3v) is 2.73. The molecular formula is C12H14ClN3O2. The van der Waals surface area contributed by atoms with Crippen LogP contribution in [0.4, 0.5) is 5.82 Å². The molecule has 0 radical (unpaired) electrons. The van der Waals surface area contributed by atoms with Crippen LogP contribution in [-0.2, 0) is 13.6 Å². The standard InChI is InChI=1S/C12H14ClN3O2/c1-16-4-3-11(15-16)14-7-8-5-9(13)6-10(18-2)12(8)17/h3-6,17H,7H2,1-2H3,(H,14,15). The molecule has 0 atom stereocenters. The van der Waals surface area contributed by atoms with Gasteiger partial charge in [-0.3, -0.25) is 4.68 Å². The lowest BCUT2D eigenvalue weighted by atomic mass is 10.2. The summed E-state index contributed by atoms with van der Waals surface area (Å²) in [5.74, 6) is 1.18. The lowest BCUT2D eigenvalue weighted by molar-refractivity contribution is 0.371. The van der Waals surface area contributed by atoms with Gasteiger partial charge >= 0.3 is 0 Å². The predicted octanol–water partition coefficient (Wildman–Crippen LogP) is 2.40. The van der Waals surface area contributed by atoms with Crippen LogP contribution in [-0.4, -0.2) is 22.0 Å². The molecule has 0 aliphatic heterocycles. The molecule has 0 amide bonds. The number of aromatic nitrogens is 2. The quantitative estimate of drug-likeness (QED) is 0.893. The maximum atomic E-state index is 9.95. The highest BCUT2D eigenvalue weighted by Crippen LogP contribution is 2.33. The van der Waals surface area contributed by atoms with E-state index < -0.39 is 0 Å². The summed E-state index contributed by atoms with van der Waals surface area (Å²) >= 11 is 5.95. The van der Waals surface area contributed by atoms with Crippen LogP contribution in [0, 0.1) is 0 Å². The Morgan fingerprint density at radius 3 is 2.89 bits per heavy atom. The minimum absolute atomic E-state index is 0.0883. The lowest BCUT2D eigenvalue weighted by Crippen LogP contribution is -2.02. The van der Waals surface area contributed by atoms with Gasteiger partial charge in [-0.25, -0.2) is 0 Å². The Balaban J connectivity index is 2.16. The molecule has 2 rings (SSSR count). The van der Waals surface area contributed by atoms with E-state index in [2.05, 4.69) is 10.4 Å². The first-order valence-electron chi connectivity index (χ1n) is 5.39. The number of ether oxygens (including phenoxy) is 1. The van der Waals surface area contributed by atoms with Crippen LogP contribution in [0.2, 0.25) is 5.02 Å². The van der Waals surface area contributed by atoms with Crippen molar-refractivity contribution in [3.05, 3.63) is 35.0 Å². The molecule has 6 heteroatoms. The number of rotatable bonds is 4. The molecular weight excluding hydrogens is 254 g/mol. The number of aromatic hydroxyl groups is 1. The maximum absolute atomic E-state index is 9.95. The van der Waals surface area contributed by atoms with E-state index in [1.807, 2.05) is 19.3 Å². The molecule has 0 fully saturated rings. The van der Waals surface area contributed by atoms with Gasteiger partial charge in [-0.1, -0.05) is 11.6 Å². The van der Waals surface area contributed by atoms with Crippen molar-refractivity contribution in [2.24, 2.45) is 7.05 Å². The van der Waals surface area contributed by atoms with Gasteiger partial charge in [0, 0.05) is 42.5 Å². The van der Waals surface area contributed by atoms with E-state index in [1.54, 1.807) is 16.8 Å². The minimum atomic E-state index is 0.0883. The molecule has 0 bridgehead atoms. The fraction of sp³-hybridized carbons (Fsp3) is 0.250. The Hall–Kier alpha value is -1.88. The zero-order valence-corrected chi connectivity index (χ0v) is 10.9. The molecule has 1 heterocycles. The number of hydrogen-bond acceptors (Lipinski definition) is 4. The number of phenolic OH excluding ortho intramolecular Hbond substituents is 1. The van der Waals surface area contributed by atoms with Crippen LogP contribution in [0.1, 0.15) is 5.56 Å². The van der Waals surface area contributed by atoms with Gasteiger partial charge in [-0.05, 0) is 6.07 Å². The lowest BCUT2D eigenvalue weighted by Gasteiger charge is -2.10. The number of nitrogens with one attached hydrogen (secondary N) is 1. The molecule has 1 aromatic carbocycles. The summed E-state index contributed by atoms with van der Waals surface area (Å²) in [5, 5.41) is 17.7. The molecule has 2 N–H and O–H groups in total. The number of aryl methyl sites for hydroxylation is 1. The first-order chi connectivity index (χ1) is 8.60. The van der Waals surface area contributed by atoms with E-state index in [0.717, 1.165) is 5.82 Å². The average Bonchev–Trinajstić information content (AvgIpc) is 2.75. The minimum Gasteiger partial charge on any atom is -0.504 e. The highest BCUT2D eigenvalue weighted by Gasteiger charge is 2.10. The number of phenols is 1. The van der Waals surface area contributed by atoms with Crippen LogP contribution in [0.15, 0.2) is 24.4 Å². The van der Waals surface area contributed by atoms with Crippen molar-refractivity contribution in [2.45, 2.75) is 6.54 Å². The van der Waals surface area contributed by atoms with Gasteiger partial charge in [0.1, 0.15) is 5.82 Å². The normalized spacial score (nSPS) is 10.4. The largest absolute Gasteiger partial charge is 0.504 e. The van der Waals surface area contributed by atoms with Crippen LogP contribution < -0.4 is 10.1 Å². The summed E-state index contributed by atoms with van der Waals surface area (Å²) in [4.78, 5) is 0. The van der Waals surface area contributed by atoms with Crippen molar-refractivity contribution in [1.29, 1.82) is 0 Å². The number of hydrogen-bond donors (Lipinski definition) is 2. The SMILES string of the molecule is COc1cc(Cl)cc(CNc2ccn(C)n2)c1O. The van der Waals surface area contributed by atoms with Crippen molar-refractivity contribution in [2.75, 3.05) is 12.4 Å². The molecule has 18 heavy (non-hydrogen) atoms. The predicted molar refractivity (Wildman–Crippen MR) is 70.2 cm³/mol. The second kappa shape index (κ2) is 5.18. The third kappa shape index (κ3) is 2.68. The summed E-state index contributed by atoms with van der Waals surface area (Å²) in [7, 11) is 3.33. The van der Waals surface area contributed by atoms with Crippen molar-refractivity contribution in [3.8, 4) is 11.5 Å². The number of nitrogens with zero attached hydrogens (tertiary/aromatic N) is 2. The van der Waals surface area contributed by atoms with Crippen LogP contribution in [0.3, 0.4) is 0 Å². The first kappa shape index (κ1) is 12.6. The number of anilines is 1. The van der Waals surface area contributed by atoms with E-state index in [1.165, 1.54) is 7.11 Å². The Bertz CT molecular complexity index is 554. The summed E-state index contributed by atoms with van der Waals surface area (Å²) in [6.45, 7) is 0.416. The zero-order valence-electron chi connectivity index (χ0n) is 10.1. The van der Waals surface area contributed by atoms with Crippen molar-refractivity contribution in [3.63, 3.8) is 0 Å². The maximum Gasteiger partial charge on any atom is 0.162 e. The monoisotopic (exact) mass is 267 g/mol. The van der Waals surface area contributed by atoms with E-state index in [4.69, 9.17) is 16.3 Å². The highest BCUT2D eigenvalue weighted by molar-refractivity contribution is 6.30. The summed E-state index contributed by atoms with van der Waals surface area (Å²) < 4.78 is 6.74. The number of halogens is 1. The summed E-state index contributed by atoms with van der Waals surface area (Å²) in [5.41, 5.74) is 0.657. The molecule has 1 aromatic heterocycles. The molecule has 0 unspecified atom stereocenters. The van der Waals surface area contributed by atoms with E-state index >= 15 is 0 Å². The van der Waals surface area contributed by atoms with Crippen LogP contribution in [0.25, 0.3) is 0 Å². The molecule has 0 spiro atoms. The highest BCUT2D eigenvalue weighted by atomic mass is 35.5. The fourth-order valence-corrected chi connectivity index (χ4v) is 1.84. The van der Waals surface area contributed by atoms with Gasteiger partial charge < -0.3 is 15.2 Å². The van der Waals surface area contributed by atoms with Gasteiger partial charge in [0.25, 0.3) is 0 Å². The van der Waals surface area contributed by atoms with Crippen LogP contribution in [0.5, 0.6) is 11.5 Å². The molecule has 2 aromatic rings. The molecule has 0 aliphatic rings. The number of benzene rings is 1. The molecule has 0 saturated heterocycles. The number of methoxy groups -OCH3 is 1. The molecule has 0 aliphatic carbocycles. The van der Waals surface area contributed by atoms with Gasteiger partial charge in [0.2, 0.25) is 0 Å². The van der Waals surface area contributed by atoms with E-state index in [9.17, 15) is 5.11 Å². The topological polar surface area (TPSA) is 59.3 Å². The van der Waals surface area contributed by atoms with Crippen molar-refractivity contribution >= 4 is 17.4 Å². The summed E-state index contributed by atoms with van der Waals surface area (Å²) in [6, 6.07) is 5.11. The Morgan fingerprint density at radius 2 is 2.28 bits per heavy atom. The average molecular weight is 268 g/mol. The summed E-state index contributed by atoms with van der Waals surface area (Å²) in [6.07, 6.45) is 1.83. The van der Waals surface area contributed by atoms with Crippen molar-refractivity contribution in [1.82, 2.24) is 9.78 Å². The fourth-order valence-electron chi connectivity index (χ4n) is 1.61. The Kier molecular flexibility index (Phi) is 3.62. The van der Waals surface area contributed by atoms with Gasteiger partial charge in [0.05, 0.1) is 7.11 Å². The smallest absolute Gasteiger partial charge is 0.162 e. The van der Waals surface area contributed by atoms with Crippen LogP contribution >= 0.6 is 11.6 Å². The van der Waals surface area contributed by atoms with Gasteiger partial charge in [-0.2, -0.15) is 5.10 Å². The Labute approximate surface area is 110 Å². The zero-order chi connectivity index (χ0) is 13.1. The Morgan fingerprint density at radius 1 is 1.50 bits per heavy atom. The molecule has 96 valence electrons. The molecule has 0 saturated carbocycles. The van der Waals surface area contributed by atoms with E-state index in [-0.39, 0.29) is 5.75 Å². The van der Waals surface area contributed by atoms with Gasteiger partial charge in [-0.15, -0.1) is 0 Å². The van der Waals surface area contributed by atoms with E-state index in [0.29, 0.717) is 22.9 Å². The van der Waals surface area contributed by atoms with Crippen molar-refractivity contribution < 1.29 is 9.84 Å².